The van der Waals surface area contributed by atoms with Crippen molar-refractivity contribution in [1.29, 1.82) is 0 Å². The zero-order chi connectivity index (χ0) is 7.56. The highest BCUT2D eigenvalue weighted by Crippen LogP contribution is 2.09. The summed E-state index contributed by atoms with van der Waals surface area (Å²) in [5.74, 6) is 0. The fourth-order valence-corrected chi connectivity index (χ4v) is 0.860. The molecule has 0 N–H and O–H groups in total. The standard InChI is InChI=1S/C8H12N2/c1-8-6-4-5-7-10(8)9(2)3/h4-7H,1H2,2-3H3. The lowest BCUT2D eigenvalue weighted by atomic mass is 10.3. The van der Waals surface area contributed by atoms with Crippen molar-refractivity contribution in [3.05, 3.63) is 36.7 Å². The van der Waals surface area contributed by atoms with Crippen molar-refractivity contribution >= 4 is 0 Å². The van der Waals surface area contributed by atoms with Crippen LogP contribution in [0.1, 0.15) is 0 Å². The van der Waals surface area contributed by atoms with E-state index in [-0.39, 0.29) is 0 Å². The molecule has 10 heavy (non-hydrogen) atoms. The topological polar surface area (TPSA) is 6.48 Å². The maximum Gasteiger partial charge on any atom is 0.0501 e. The van der Waals surface area contributed by atoms with Gasteiger partial charge in [0.15, 0.2) is 0 Å². The summed E-state index contributed by atoms with van der Waals surface area (Å²) in [4.78, 5) is 0. The number of hydrogen-bond acceptors (Lipinski definition) is 2. The van der Waals surface area contributed by atoms with Gasteiger partial charge in [-0.2, -0.15) is 0 Å². The van der Waals surface area contributed by atoms with Crippen molar-refractivity contribution < 1.29 is 0 Å². The highest BCUT2D eigenvalue weighted by atomic mass is 15.6. The first-order chi connectivity index (χ1) is 4.72. The summed E-state index contributed by atoms with van der Waals surface area (Å²) in [7, 11) is 3.96. The summed E-state index contributed by atoms with van der Waals surface area (Å²) < 4.78 is 0. The van der Waals surface area contributed by atoms with E-state index in [1.54, 1.807) is 0 Å². The van der Waals surface area contributed by atoms with Crippen molar-refractivity contribution in [2.45, 2.75) is 0 Å². The molecule has 54 valence electrons. The van der Waals surface area contributed by atoms with Crippen molar-refractivity contribution in [3.8, 4) is 0 Å². The number of rotatable bonds is 1. The van der Waals surface area contributed by atoms with Gasteiger partial charge in [0, 0.05) is 20.3 Å². The molecule has 0 radical (unpaired) electrons. The van der Waals surface area contributed by atoms with Gasteiger partial charge in [-0.05, 0) is 12.2 Å². The van der Waals surface area contributed by atoms with Gasteiger partial charge in [0.05, 0.1) is 5.70 Å². The highest BCUT2D eigenvalue weighted by Gasteiger charge is 2.04. The van der Waals surface area contributed by atoms with Crippen LogP contribution in [0, 0.1) is 0 Å². The third-order valence-electron chi connectivity index (χ3n) is 1.35. The van der Waals surface area contributed by atoms with Crippen LogP contribution in [0.2, 0.25) is 0 Å². The van der Waals surface area contributed by atoms with Crippen molar-refractivity contribution in [3.63, 3.8) is 0 Å². The Labute approximate surface area is 61.7 Å². The van der Waals surface area contributed by atoms with Gasteiger partial charge in [-0.3, -0.25) is 5.01 Å². The molecule has 0 spiro atoms. The van der Waals surface area contributed by atoms with E-state index in [1.807, 2.05) is 48.5 Å². The molecule has 0 fully saturated rings. The summed E-state index contributed by atoms with van der Waals surface area (Å²) in [5.41, 5.74) is 0.993. The van der Waals surface area contributed by atoms with Gasteiger partial charge in [-0.1, -0.05) is 12.7 Å². The predicted octanol–water partition coefficient (Wildman–Crippen LogP) is 1.36. The SMILES string of the molecule is C=C1C=CC=CN1N(C)C. The minimum atomic E-state index is 0.993. The van der Waals surface area contributed by atoms with Crippen LogP contribution in [0.3, 0.4) is 0 Å². The Balaban J connectivity index is 2.70. The molecule has 0 saturated carbocycles. The second-order valence-electron chi connectivity index (χ2n) is 2.38. The van der Waals surface area contributed by atoms with Gasteiger partial charge >= 0.3 is 0 Å². The lowest BCUT2D eigenvalue weighted by Gasteiger charge is -2.28. The fourth-order valence-electron chi connectivity index (χ4n) is 0.860. The van der Waals surface area contributed by atoms with Crippen LogP contribution in [0.15, 0.2) is 36.7 Å². The number of nitrogens with zero attached hydrogens (tertiary/aromatic N) is 2. The first-order valence-corrected chi connectivity index (χ1v) is 3.22. The van der Waals surface area contributed by atoms with Crippen LogP contribution < -0.4 is 0 Å². The Bertz CT molecular complexity index is 189. The highest BCUT2D eigenvalue weighted by molar-refractivity contribution is 5.24. The van der Waals surface area contributed by atoms with Crippen molar-refractivity contribution in [2.75, 3.05) is 14.1 Å². The van der Waals surface area contributed by atoms with Crippen LogP contribution in [0.25, 0.3) is 0 Å². The van der Waals surface area contributed by atoms with Crippen LogP contribution in [-0.4, -0.2) is 24.1 Å². The minimum Gasteiger partial charge on any atom is -0.283 e. The van der Waals surface area contributed by atoms with E-state index in [2.05, 4.69) is 6.58 Å². The molecule has 1 rings (SSSR count). The number of allylic oxidation sites excluding steroid dienone is 3. The normalized spacial score (nSPS) is 17.1. The zero-order valence-corrected chi connectivity index (χ0v) is 6.41. The predicted molar refractivity (Wildman–Crippen MR) is 42.9 cm³/mol. The van der Waals surface area contributed by atoms with Gasteiger partial charge in [0.25, 0.3) is 0 Å². The van der Waals surface area contributed by atoms with Crippen LogP contribution >= 0.6 is 0 Å². The van der Waals surface area contributed by atoms with E-state index >= 15 is 0 Å². The first-order valence-electron chi connectivity index (χ1n) is 3.22. The van der Waals surface area contributed by atoms with Crippen molar-refractivity contribution in [1.82, 2.24) is 10.0 Å². The first kappa shape index (κ1) is 7.09. The third-order valence-corrected chi connectivity index (χ3v) is 1.35. The average Bonchev–Trinajstić information content (AvgIpc) is 1.88. The summed E-state index contributed by atoms with van der Waals surface area (Å²) in [6, 6.07) is 0. The van der Waals surface area contributed by atoms with E-state index in [9.17, 15) is 0 Å². The Kier molecular flexibility index (Phi) is 1.92. The third kappa shape index (κ3) is 1.28. The van der Waals surface area contributed by atoms with E-state index in [0.29, 0.717) is 0 Å². The molecule has 0 atom stereocenters. The molecule has 0 unspecified atom stereocenters. The molecule has 0 bridgehead atoms. The quantitative estimate of drug-likeness (QED) is 0.537. The van der Waals surface area contributed by atoms with Gasteiger partial charge in [0.2, 0.25) is 0 Å². The Morgan fingerprint density at radius 2 is 2.10 bits per heavy atom. The molecule has 2 nitrogen and oxygen atoms in total. The van der Waals surface area contributed by atoms with Gasteiger partial charge < -0.3 is 0 Å². The molecular weight excluding hydrogens is 124 g/mol. The Morgan fingerprint density at radius 1 is 1.40 bits per heavy atom. The Hall–Kier alpha value is -1.02. The second-order valence-corrected chi connectivity index (χ2v) is 2.38. The summed E-state index contributed by atoms with van der Waals surface area (Å²) in [5, 5.41) is 3.95. The van der Waals surface area contributed by atoms with Crippen molar-refractivity contribution in [2.24, 2.45) is 0 Å². The molecular formula is C8H12N2. The second kappa shape index (κ2) is 2.71. The van der Waals surface area contributed by atoms with Crippen LogP contribution in [0.4, 0.5) is 0 Å². The maximum atomic E-state index is 3.86. The van der Waals surface area contributed by atoms with E-state index in [0.717, 1.165) is 5.70 Å². The molecule has 1 heterocycles. The smallest absolute Gasteiger partial charge is 0.0501 e. The van der Waals surface area contributed by atoms with E-state index < -0.39 is 0 Å². The lowest BCUT2D eigenvalue weighted by Crippen LogP contribution is -2.31. The van der Waals surface area contributed by atoms with Gasteiger partial charge in [0.1, 0.15) is 0 Å². The molecule has 0 aliphatic carbocycles. The zero-order valence-electron chi connectivity index (χ0n) is 6.41. The van der Waals surface area contributed by atoms with E-state index in [4.69, 9.17) is 0 Å². The minimum absolute atomic E-state index is 0.993. The molecule has 0 aromatic rings. The molecule has 0 saturated heterocycles. The molecule has 0 aromatic carbocycles. The average molecular weight is 136 g/mol. The number of hydrogen-bond donors (Lipinski definition) is 0. The maximum absolute atomic E-state index is 3.86. The largest absolute Gasteiger partial charge is 0.283 e. The Morgan fingerprint density at radius 3 is 2.50 bits per heavy atom. The van der Waals surface area contributed by atoms with Gasteiger partial charge in [-0.15, -0.1) is 0 Å². The van der Waals surface area contributed by atoms with Crippen LogP contribution in [-0.2, 0) is 0 Å². The summed E-state index contributed by atoms with van der Waals surface area (Å²) in [6.07, 6.45) is 7.90. The summed E-state index contributed by atoms with van der Waals surface area (Å²) in [6.45, 7) is 3.86. The molecule has 1 aliphatic heterocycles. The van der Waals surface area contributed by atoms with E-state index in [1.165, 1.54) is 0 Å². The van der Waals surface area contributed by atoms with Gasteiger partial charge in [-0.25, -0.2) is 5.01 Å². The summed E-state index contributed by atoms with van der Waals surface area (Å²) >= 11 is 0. The molecule has 1 aliphatic rings. The monoisotopic (exact) mass is 136 g/mol. The number of hydrazine groups is 1. The molecule has 2 heteroatoms. The molecule has 0 aromatic heterocycles. The van der Waals surface area contributed by atoms with Crippen LogP contribution in [0.5, 0.6) is 0 Å². The lowest BCUT2D eigenvalue weighted by molar-refractivity contribution is 0.130. The molecule has 0 amide bonds. The fraction of sp³-hybridized carbons (Fsp3) is 0.250.